The minimum atomic E-state index is -0.448. The third-order valence-electron chi connectivity index (χ3n) is 3.29. The largest absolute Gasteiger partial charge is 0.456 e. The lowest BCUT2D eigenvalue weighted by molar-refractivity contribution is 0.0467. The van der Waals surface area contributed by atoms with Gasteiger partial charge in [-0.05, 0) is 37.6 Å². The van der Waals surface area contributed by atoms with Crippen LogP contribution in [0.15, 0.2) is 30.5 Å². The Morgan fingerprint density at radius 3 is 2.90 bits per heavy atom. The summed E-state index contributed by atoms with van der Waals surface area (Å²) in [5, 5.41) is 4.79. The van der Waals surface area contributed by atoms with E-state index in [1.54, 1.807) is 12.1 Å². The van der Waals surface area contributed by atoms with Gasteiger partial charge >= 0.3 is 5.97 Å². The predicted molar refractivity (Wildman–Crippen MR) is 82.2 cm³/mol. The minimum Gasteiger partial charge on any atom is -0.456 e. The minimum absolute atomic E-state index is 0.130. The molecule has 0 spiro atoms. The molecule has 6 heteroatoms. The van der Waals surface area contributed by atoms with Gasteiger partial charge in [0.25, 0.3) is 0 Å². The summed E-state index contributed by atoms with van der Waals surface area (Å²) in [6.07, 6.45) is 2.88. The number of hydrogen-bond acceptors (Lipinski definition) is 4. The second-order valence-electron chi connectivity index (χ2n) is 4.86. The number of carbonyl (C=O) groups is 1. The Labute approximate surface area is 128 Å². The van der Waals surface area contributed by atoms with E-state index in [0.29, 0.717) is 28.0 Å². The fourth-order valence-electron chi connectivity index (χ4n) is 1.78. The molecule has 112 valence electrons. The average molecular weight is 308 g/mol. The van der Waals surface area contributed by atoms with Gasteiger partial charge in [-0.1, -0.05) is 18.5 Å². The molecule has 0 fully saturated rings. The van der Waals surface area contributed by atoms with E-state index < -0.39 is 5.97 Å². The third kappa shape index (κ3) is 3.76. The Morgan fingerprint density at radius 1 is 1.48 bits per heavy atom. The van der Waals surface area contributed by atoms with Crippen molar-refractivity contribution < 1.29 is 9.53 Å². The third-order valence-corrected chi connectivity index (χ3v) is 3.63. The topological polar surface area (TPSA) is 70.1 Å². The molecule has 1 heterocycles. The van der Waals surface area contributed by atoms with Crippen LogP contribution in [0.5, 0.6) is 0 Å². The quantitative estimate of drug-likeness (QED) is 0.678. The molecule has 2 N–H and O–H groups in total. The monoisotopic (exact) mass is 307 g/mol. The van der Waals surface area contributed by atoms with Crippen molar-refractivity contribution in [2.45, 2.75) is 32.9 Å². The fraction of sp³-hybridized carbons (Fsp3) is 0.333. The molecule has 1 unspecified atom stereocenters. The van der Waals surface area contributed by atoms with Crippen molar-refractivity contribution in [2.24, 2.45) is 0 Å². The highest BCUT2D eigenvalue weighted by Gasteiger charge is 2.11. The van der Waals surface area contributed by atoms with Gasteiger partial charge in [0.2, 0.25) is 0 Å². The normalized spacial score (nSPS) is 12.1. The summed E-state index contributed by atoms with van der Waals surface area (Å²) in [5.41, 5.74) is 7.10. The molecule has 0 saturated carbocycles. The molecule has 0 saturated heterocycles. The van der Waals surface area contributed by atoms with Gasteiger partial charge in [-0.2, -0.15) is 5.10 Å². The van der Waals surface area contributed by atoms with Crippen LogP contribution in [0.1, 0.15) is 42.4 Å². The molecule has 1 aromatic heterocycles. The molecule has 0 amide bonds. The molecular formula is C15H18ClN3O2. The van der Waals surface area contributed by atoms with E-state index in [1.165, 1.54) is 6.07 Å². The molecule has 0 bridgehead atoms. The zero-order chi connectivity index (χ0) is 15.4. The maximum absolute atomic E-state index is 11.9. The Morgan fingerprint density at radius 2 is 2.24 bits per heavy atom. The Hall–Kier alpha value is -2.01. The molecule has 0 aliphatic carbocycles. The number of benzene rings is 1. The summed E-state index contributed by atoms with van der Waals surface area (Å²) < 4.78 is 7.09. The number of ether oxygens (including phenoxy) is 1. The number of nitrogens with two attached hydrogens (primary N) is 1. The molecule has 0 aliphatic heterocycles. The van der Waals surface area contributed by atoms with Gasteiger partial charge in [0.05, 0.1) is 22.0 Å². The van der Waals surface area contributed by atoms with Crippen LogP contribution in [-0.2, 0) is 11.3 Å². The number of nitrogen functional groups attached to an aromatic ring is 1. The zero-order valence-electron chi connectivity index (χ0n) is 12.0. The van der Waals surface area contributed by atoms with Crippen molar-refractivity contribution in [2.75, 3.05) is 5.73 Å². The lowest BCUT2D eigenvalue weighted by atomic mass is 10.2. The number of halogens is 1. The fourth-order valence-corrected chi connectivity index (χ4v) is 1.90. The van der Waals surface area contributed by atoms with Crippen LogP contribution in [0.25, 0.3) is 0 Å². The smallest absolute Gasteiger partial charge is 0.338 e. The number of carbonyl (C=O) groups excluding carboxylic acids is 1. The number of rotatable bonds is 5. The molecule has 21 heavy (non-hydrogen) atoms. The first-order valence-electron chi connectivity index (χ1n) is 6.77. The molecule has 1 aromatic carbocycles. The van der Waals surface area contributed by atoms with Gasteiger partial charge in [0.15, 0.2) is 0 Å². The summed E-state index contributed by atoms with van der Waals surface area (Å²) in [6, 6.07) is 6.83. The number of hydrogen-bond donors (Lipinski definition) is 1. The summed E-state index contributed by atoms with van der Waals surface area (Å²) >= 11 is 5.81. The van der Waals surface area contributed by atoms with Crippen molar-refractivity contribution in [1.29, 1.82) is 0 Å². The predicted octanol–water partition coefficient (Wildman–Crippen LogP) is 3.45. The second kappa shape index (κ2) is 6.63. The Balaban J connectivity index is 1.97. The van der Waals surface area contributed by atoms with Gasteiger partial charge in [0.1, 0.15) is 6.61 Å². The lowest BCUT2D eigenvalue weighted by Gasteiger charge is -2.08. The second-order valence-corrected chi connectivity index (χ2v) is 5.26. The van der Waals surface area contributed by atoms with Crippen molar-refractivity contribution in [3.8, 4) is 0 Å². The summed E-state index contributed by atoms with van der Waals surface area (Å²) in [5.74, 6) is -0.448. The molecule has 2 rings (SSSR count). The summed E-state index contributed by atoms with van der Waals surface area (Å²) in [6.45, 7) is 4.31. The first-order chi connectivity index (χ1) is 10.0. The number of esters is 1. The number of anilines is 1. The highest BCUT2D eigenvalue weighted by atomic mass is 35.5. The van der Waals surface area contributed by atoms with Crippen LogP contribution in [0.3, 0.4) is 0 Å². The van der Waals surface area contributed by atoms with Gasteiger partial charge < -0.3 is 10.5 Å². The van der Waals surface area contributed by atoms with Crippen LogP contribution in [0.4, 0.5) is 5.69 Å². The SMILES string of the molecule is CCC(C)n1ccc(COC(=O)c2ccc(Cl)c(N)c2)n1. The van der Waals surface area contributed by atoms with Gasteiger partial charge in [-0.25, -0.2) is 4.79 Å². The maximum Gasteiger partial charge on any atom is 0.338 e. The average Bonchev–Trinajstić information content (AvgIpc) is 2.95. The first kappa shape index (κ1) is 15.4. The summed E-state index contributed by atoms with van der Waals surface area (Å²) in [4.78, 5) is 11.9. The molecule has 0 aliphatic rings. The molecular weight excluding hydrogens is 290 g/mol. The molecule has 1 atom stereocenters. The van der Waals surface area contributed by atoms with E-state index in [2.05, 4.69) is 18.9 Å². The van der Waals surface area contributed by atoms with E-state index in [4.69, 9.17) is 22.1 Å². The molecule has 5 nitrogen and oxygen atoms in total. The van der Waals surface area contributed by atoms with Crippen molar-refractivity contribution >= 4 is 23.3 Å². The van der Waals surface area contributed by atoms with Crippen LogP contribution < -0.4 is 5.73 Å². The number of aromatic nitrogens is 2. The van der Waals surface area contributed by atoms with E-state index in [-0.39, 0.29) is 6.61 Å². The van der Waals surface area contributed by atoms with Crippen LogP contribution >= 0.6 is 11.6 Å². The first-order valence-corrected chi connectivity index (χ1v) is 7.15. The molecule has 0 radical (unpaired) electrons. The Kier molecular flexibility index (Phi) is 4.85. The van der Waals surface area contributed by atoms with Crippen LogP contribution in [0.2, 0.25) is 5.02 Å². The van der Waals surface area contributed by atoms with E-state index in [0.717, 1.165) is 6.42 Å². The van der Waals surface area contributed by atoms with E-state index in [9.17, 15) is 4.79 Å². The summed E-state index contributed by atoms with van der Waals surface area (Å²) in [7, 11) is 0. The lowest BCUT2D eigenvalue weighted by Crippen LogP contribution is -2.08. The molecule has 2 aromatic rings. The highest BCUT2D eigenvalue weighted by Crippen LogP contribution is 2.20. The van der Waals surface area contributed by atoms with Crippen molar-refractivity contribution in [1.82, 2.24) is 9.78 Å². The van der Waals surface area contributed by atoms with Gasteiger partial charge in [-0.15, -0.1) is 0 Å². The van der Waals surface area contributed by atoms with Crippen LogP contribution in [-0.4, -0.2) is 15.7 Å². The van der Waals surface area contributed by atoms with Crippen LogP contribution in [0, 0.1) is 0 Å². The van der Waals surface area contributed by atoms with E-state index in [1.807, 2.05) is 16.9 Å². The van der Waals surface area contributed by atoms with Gasteiger partial charge in [0, 0.05) is 12.2 Å². The Bertz CT molecular complexity index is 640. The van der Waals surface area contributed by atoms with Crippen molar-refractivity contribution in [3.05, 3.63) is 46.7 Å². The standard InChI is InChI=1S/C15H18ClN3O2/c1-3-10(2)19-7-6-12(18-19)9-21-15(20)11-4-5-13(16)14(17)8-11/h4-8,10H,3,9,17H2,1-2H3. The zero-order valence-corrected chi connectivity index (χ0v) is 12.8. The van der Waals surface area contributed by atoms with Gasteiger partial charge in [-0.3, -0.25) is 4.68 Å². The maximum atomic E-state index is 11.9. The van der Waals surface area contributed by atoms with Crippen molar-refractivity contribution in [3.63, 3.8) is 0 Å². The number of nitrogens with zero attached hydrogens (tertiary/aromatic N) is 2. The highest BCUT2D eigenvalue weighted by molar-refractivity contribution is 6.33. The van der Waals surface area contributed by atoms with E-state index >= 15 is 0 Å².